The molecular formula is C16H26N2O. The number of carbonyl (C=O) groups excluding carboxylic acids is 1. The van der Waals surface area contributed by atoms with Crippen LogP contribution in [-0.4, -0.2) is 30.9 Å². The summed E-state index contributed by atoms with van der Waals surface area (Å²) in [5.74, 6) is 0.0662. The van der Waals surface area contributed by atoms with Gasteiger partial charge < -0.3 is 10.6 Å². The molecule has 1 aromatic carbocycles. The fourth-order valence-corrected chi connectivity index (χ4v) is 2.19. The van der Waals surface area contributed by atoms with E-state index >= 15 is 0 Å². The predicted octanol–water partition coefficient (Wildman–Crippen LogP) is 2.45. The minimum Gasteiger partial charge on any atom is -0.345 e. The van der Waals surface area contributed by atoms with E-state index in [1.807, 2.05) is 42.3 Å². The fraction of sp³-hybridized carbons (Fsp3) is 0.562. The number of rotatable bonds is 8. The molecule has 1 atom stereocenters. The zero-order valence-corrected chi connectivity index (χ0v) is 12.1. The average Bonchev–Trinajstić information content (AvgIpc) is 2.45. The lowest BCUT2D eigenvalue weighted by Crippen LogP contribution is -2.38. The first-order chi connectivity index (χ1) is 9.19. The monoisotopic (exact) mass is 262 g/mol. The summed E-state index contributed by atoms with van der Waals surface area (Å²) in [7, 11) is 1.88. The molecule has 0 saturated carbocycles. The van der Waals surface area contributed by atoms with Crippen molar-refractivity contribution in [3.05, 3.63) is 35.9 Å². The van der Waals surface area contributed by atoms with Crippen LogP contribution in [0.3, 0.4) is 0 Å². The van der Waals surface area contributed by atoms with Crippen LogP contribution >= 0.6 is 0 Å². The summed E-state index contributed by atoms with van der Waals surface area (Å²) in [5.41, 5.74) is 6.94. The van der Waals surface area contributed by atoms with Crippen LogP contribution in [0.4, 0.5) is 0 Å². The maximum atomic E-state index is 12.3. The van der Waals surface area contributed by atoms with E-state index in [0.29, 0.717) is 6.54 Å². The molecule has 0 bridgehead atoms. The van der Waals surface area contributed by atoms with Crippen LogP contribution in [0.1, 0.15) is 31.7 Å². The molecule has 0 radical (unpaired) electrons. The Bertz CT molecular complexity index is 364. The summed E-state index contributed by atoms with van der Waals surface area (Å²) >= 11 is 0. The molecule has 0 saturated heterocycles. The van der Waals surface area contributed by atoms with Gasteiger partial charge in [-0.05, 0) is 18.4 Å². The van der Waals surface area contributed by atoms with Crippen molar-refractivity contribution in [1.82, 2.24) is 4.90 Å². The van der Waals surface area contributed by atoms with E-state index in [0.717, 1.165) is 19.4 Å². The Morgan fingerprint density at radius 2 is 1.95 bits per heavy atom. The van der Waals surface area contributed by atoms with Gasteiger partial charge in [0.1, 0.15) is 0 Å². The lowest BCUT2D eigenvalue weighted by molar-refractivity contribution is -0.133. The number of hydrogen-bond acceptors (Lipinski definition) is 2. The van der Waals surface area contributed by atoms with Crippen molar-refractivity contribution in [3.8, 4) is 0 Å². The van der Waals surface area contributed by atoms with Gasteiger partial charge in [-0.15, -0.1) is 0 Å². The molecule has 19 heavy (non-hydrogen) atoms. The number of nitrogens with zero attached hydrogens (tertiary/aromatic N) is 1. The van der Waals surface area contributed by atoms with Crippen LogP contribution in [0.5, 0.6) is 0 Å². The van der Waals surface area contributed by atoms with Gasteiger partial charge in [0.25, 0.3) is 0 Å². The summed E-state index contributed by atoms with van der Waals surface area (Å²) in [6.07, 6.45) is 4.14. The van der Waals surface area contributed by atoms with E-state index in [1.54, 1.807) is 0 Å². The lowest BCUT2D eigenvalue weighted by Gasteiger charge is -2.23. The SMILES string of the molecule is CCCCCN(C)C(=O)C(CN)Cc1ccccc1. The van der Waals surface area contributed by atoms with Crippen molar-refractivity contribution in [2.24, 2.45) is 11.7 Å². The van der Waals surface area contributed by atoms with Gasteiger partial charge in [-0.3, -0.25) is 4.79 Å². The molecule has 3 nitrogen and oxygen atoms in total. The molecule has 0 aliphatic rings. The summed E-state index contributed by atoms with van der Waals surface area (Å²) in [4.78, 5) is 14.1. The molecule has 0 aliphatic heterocycles. The second kappa shape index (κ2) is 8.70. The van der Waals surface area contributed by atoms with Crippen molar-refractivity contribution < 1.29 is 4.79 Å². The van der Waals surface area contributed by atoms with Gasteiger partial charge in [0.15, 0.2) is 0 Å². The maximum absolute atomic E-state index is 12.3. The Morgan fingerprint density at radius 3 is 2.53 bits per heavy atom. The second-order valence-corrected chi connectivity index (χ2v) is 5.09. The minimum atomic E-state index is -0.103. The standard InChI is InChI=1S/C16H26N2O/c1-3-4-8-11-18(2)16(19)15(13-17)12-14-9-6-5-7-10-14/h5-7,9-10,15H,3-4,8,11-13,17H2,1-2H3. The quantitative estimate of drug-likeness (QED) is 0.731. The summed E-state index contributed by atoms with van der Waals surface area (Å²) < 4.78 is 0. The van der Waals surface area contributed by atoms with Crippen molar-refractivity contribution in [1.29, 1.82) is 0 Å². The zero-order valence-electron chi connectivity index (χ0n) is 12.1. The topological polar surface area (TPSA) is 46.3 Å². The molecule has 0 spiro atoms. The molecule has 0 aromatic heterocycles. The largest absolute Gasteiger partial charge is 0.345 e. The van der Waals surface area contributed by atoms with Gasteiger partial charge in [0, 0.05) is 20.1 Å². The molecule has 1 amide bonds. The highest BCUT2D eigenvalue weighted by molar-refractivity contribution is 5.79. The van der Waals surface area contributed by atoms with Crippen LogP contribution in [0.15, 0.2) is 30.3 Å². The molecule has 106 valence electrons. The van der Waals surface area contributed by atoms with Gasteiger partial charge in [-0.2, -0.15) is 0 Å². The number of unbranched alkanes of at least 4 members (excludes halogenated alkanes) is 2. The number of benzene rings is 1. The van der Waals surface area contributed by atoms with Crippen LogP contribution in [0.2, 0.25) is 0 Å². The average molecular weight is 262 g/mol. The zero-order chi connectivity index (χ0) is 14.1. The van der Waals surface area contributed by atoms with Crippen molar-refractivity contribution in [2.45, 2.75) is 32.6 Å². The second-order valence-electron chi connectivity index (χ2n) is 5.09. The van der Waals surface area contributed by atoms with Gasteiger partial charge in [-0.1, -0.05) is 50.1 Å². The lowest BCUT2D eigenvalue weighted by atomic mass is 9.98. The molecule has 0 fully saturated rings. The molecule has 3 heteroatoms. The molecule has 1 unspecified atom stereocenters. The molecule has 0 heterocycles. The fourth-order valence-electron chi connectivity index (χ4n) is 2.19. The summed E-state index contributed by atoms with van der Waals surface area (Å²) in [6.45, 7) is 3.41. The van der Waals surface area contributed by atoms with Crippen LogP contribution in [-0.2, 0) is 11.2 Å². The van der Waals surface area contributed by atoms with E-state index in [-0.39, 0.29) is 11.8 Å². The first-order valence-electron chi connectivity index (χ1n) is 7.18. The third-order valence-electron chi connectivity index (χ3n) is 3.43. The Balaban J connectivity index is 2.51. The molecule has 1 aromatic rings. The van der Waals surface area contributed by atoms with Crippen molar-refractivity contribution >= 4 is 5.91 Å². The number of carbonyl (C=O) groups is 1. The van der Waals surface area contributed by atoms with Gasteiger partial charge in [0.05, 0.1) is 5.92 Å². The van der Waals surface area contributed by atoms with Crippen molar-refractivity contribution in [3.63, 3.8) is 0 Å². The number of nitrogens with two attached hydrogens (primary N) is 1. The van der Waals surface area contributed by atoms with Gasteiger partial charge in [0.2, 0.25) is 5.91 Å². The molecular weight excluding hydrogens is 236 g/mol. The molecule has 2 N–H and O–H groups in total. The highest BCUT2D eigenvalue weighted by Gasteiger charge is 2.20. The van der Waals surface area contributed by atoms with Crippen LogP contribution in [0.25, 0.3) is 0 Å². The first kappa shape index (κ1) is 15.7. The van der Waals surface area contributed by atoms with Crippen LogP contribution in [0, 0.1) is 5.92 Å². The Labute approximate surface area is 116 Å². The van der Waals surface area contributed by atoms with E-state index in [2.05, 4.69) is 6.92 Å². The smallest absolute Gasteiger partial charge is 0.227 e. The third-order valence-corrected chi connectivity index (χ3v) is 3.43. The Morgan fingerprint density at radius 1 is 1.26 bits per heavy atom. The van der Waals surface area contributed by atoms with Gasteiger partial charge in [-0.25, -0.2) is 0 Å². The molecule has 0 aliphatic carbocycles. The Kier molecular flexibility index (Phi) is 7.19. The Hall–Kier alpha value is -1.35. The number of amides is 1. The van der Waals surface area contributed by atoms with E-state index in [1.165, 1.54) is 18.4 Å². The van der Waals surface area contributed by atoms with Gasteiger partial charge >= 0.3 is 0 Å². The predicted molar refractivity (Wildman–Crippen MR) is 79.9 cm³/mol. The van der Waals surface area contributed by atoms with E-state index in [4.69, 9.17) is 5.73 Å². The van der Waals surface area contributed by atoms with E-state index in [9.17, 15) is 4.79 Å². The van der Waals surface area contributed by atoms with Crippen molar-refractivity contribution in [2.75, 3.05) is 20.1 Å². The van der Waals surface area contributed by atoms with Crippen LogP contribution < -0.4 is 5.73 Å². The highest BCUT2D eigenvalue weighted by Crippen LogP contribution is 2.11. The summed E-state index contributed by atoms with van der Waals surface area (Å²) in [5, 5.41) is 0. The first-order valence-corrected chi connectivity index (χ1v) is 7.18. The third kappa shape index (κ3) is 5.43. The normalized spacial score (nSPS) is 12.2. The molecule has 1 rings (SSSR count). The maximum Gasteiger partial charge on any atom is 0.227 e. The highest BCUT2D eigenvalue weighted by atomic mass is 16.2. The number of hydrogen-bond donors (Lipinski definition) is 1. The van der Waals surface area contributed by atoms with E-state index < -0.39 is 0 Å². The minimum absolute atomic E-state index is 0.103. The summed E-state index contributed by atoms with van der Waals surface area (Å²) in [6, 6.07) is 10.1.